The van der Waals surface area contributed by atoms with Crippen LogP contribution in [0.2, 0.25) is 0 Å². The van der Waals surface area contributed by atoms with Gasteiger partial charge in [-0.3, -0.25) is 4.90 Å². The molecule has 0 radical (unpaired) electrons. The van der Waals surface area contributed by atoms with E-state index >= 15 is 0 Å². The van der Waals surface area contributed by atoms with Crippen molar-refractivity contribution in [1.29, 1.82) is 0 Å². The van der Waals surface area contributed by atoms with E-state index in [1.807, 2.05) is 0 Å². The van der Waals surface area contributed by atoms with Crippen LogP contribution in [0.25, 0.3) is 0 Å². The number of hydrogen-bond donors (Lipinski definition) is 1. The Balaban J connectivity index is 1.65. The lowest BCUT2D eigenvalue weighted by Crippen LogP contribution is -2.39. The van der Waals surface area contributed by atoms with Crippen LogP contribution in [0.1, 0.15) is 31.4 Å². The smallest absolute Gasteiger partial charge is 0.124 e. The minimum atomic E-state index is 0.565. The molecule has 2 saturated heterocycles. The Labute approximate surface area is 121 Å². The van der Waals surface area contributed by atoms with Crippen molar-refractivity contribution in [3.05, 3.63) is 29.8 Å². The summed E-state index contributed by atoms with van der Waals surface area (Å²) in [7, 11) is 0. The lowest BCUT2D eigenvalue weighted by atomic mass is 9.92. The fourth-order valence-corrected chi connectivity index (χ4v) is 4.62. The number of ether oxygens (including phenoxy) is 1. The Kier molecular flexibility index (Phi) is 3.20. The molecule has 3 aliphatic rings. The Bertz CT molecular complexity index is 490. The summed E-state index contributed by atoms with van der Waals surface area (Å²) in [5, 5.41) is 3.58. The Hall–Kier alpha value is -1.06. The van der Waals surface area contributed by atoms with Gasteiger partial charge in [-0.05, 0) is 37.4 Å². The molecular formula is C17H24N2O. The molecular weight excluding hydrogens is 248 g/mol. The Morgan fingerprint density at radius 2 is 2.20 bits per heavy atom. The van der Waals surface area contributed by atoms with Gasteiger partial charge < -0.3 is 10.1 Å². The first kappa shape index (κ1) is 12.7. The first-order valence-electron chi connectivity index (χ1n) is 8.06. The lowest BCUT2D eigenvalue weighted by Gasteiger charge is -2.37. The van der Waals surface area contributed by atoms with Crippen LogP contribution in [-0.2, 0) is 0 Å². The predicted octanol–water partition coefficient (Wildman–Crippen LogP) is 2.44. The van der Waals surface area contributed by atoms with Gasteiger partial charge in [0.05, 0.1) is 6.61 Å². The molecule has 1 aromatic rings. The highest BCUT2D eigenvalue weighted by molar-refractivity contribution is 5.37. The van der Waals surface area contributed by atoms with Crippen LogP contribution < -0.4 is 10.1 Å². The van der Waals surface area contributed by atoms with Crippen molar-refractivity contribution >= 4 is 0 Å². The third kappa shape index (κ3) is 1.87. The van der Waals surface area contributed by atoms with E-state index in [-0.39, 0.29) is 0 Å². The summed E-state index contributed by atoms with van der Waals surface area (Å²) in [4.78, 5) is 2.79. The molecule has 4 unspecified atom stereocenters. The van der Waals surface area contributed by atoms with Gasteiger partial charge in [-0.25, -0.2) is 0 Å². The number of likely N-dealkylation sites (tertiary alicyclic amines) is 1. The molecule has 1 N–H and O–H groups in total. The quantitative estimate of drug-likeness (QED) is 0.895. The maximum atomic E-state index is 5.84. The molecule has 0 amide bonds. The van der Waals surface area contributed by atoms with Crippen molar-refractivity contribution in [3.63, 3.8) is 0 Å². The monoisotopic (exact) mass is 272 g/mol. The van der Waals surface area contributed by atoms with E-state index in [1.54, 1.807) is 0 Å². The van der Waals surface area contributed by atoms with Crippen molar-refractivity contribution in [2.24, 2.45) is 11.8 Å². The molecule has 2 fully saturated rings. The summed E-state index contributed by atoms with van der Waals surface area (Å²) in [6, 6.07) is 9.93. The van der Waals surface area contributed by atoms with Gasteiger partial charge in [-0.1, -0.05) is 25.1 Å². The SMILES string of the molecule is CCC1C2CNCC2CN1C1CCOc2ccccc21. The van der Waals surface area contributed by atoms with Gasteiger partial charge in [0.2, 0.25) is 0 Å². The molecule has 3 heterocycles. The van der Waals surface area contributed by atoms with E-state index in [0.29, 0.717) is 6.04 Å². The molecule has 0 aromatic heterocycles. The highest BCUT2D eigenvalue weighted by atomic mass is 16.5. The third-order valence-electron chi connectivity index (χ3n) is 5.50. The highest BCUT2D eigenvalue weighted by Gasteiger charge is 2.46. The average molecular weight is 272 g/mol. The van der Waals surface area contributed by atoms with Gasteiger partial charge in [-0.15, -0.1) is 0 Å². The summed E-state index contributed by atoms with van der Waals surface area (Å²) in [6.07, 6.45) is 2.41. The van der Waals surface area contributed by atoms with Crippen molar-refractivity contribution < 1.29 is 4.74 Å². The van der Waals surface area contributed by atoms with Crippen LogP contribution in [0.4, 0.5) is 0 Å². The molecule has 0 bridgehead atoms. The number of benzene rings is 1. The standard InChI is InChI=1S/C17H24N2O/c1-2-15-14-10-18-9-12(14)11-19(15)16-7-8-20-17-6-4-3-5-13(16)17/h3-6,12,14-16,18H,2,7-11H2,1H3. The topological polar surface area (TPSA) is 24.5 Å². The fourth-order valence-electron chi connectivity index (χ4n) is 4.62. The van der Waals surface area contributed by atoms with E-state index < -0.39 is 0 Å². The zero-order valence-corrected chi connectivity index (χ0v) is 12.2. The molecule has 108 valence electrons. The van der Waals surface area contributed by atoms with Crippen molar-refractivity contribution in [1.82, 2.24) is 10.2 Å². The van der Waals surface area contributed by atoms with Crippen molar-refractivity contribution in [2.75, 3.05) is 26.2 Å². The number of para-hydroxylation sites is 1. The maximum Gasteiger partial charge on any atom is 0.124 e. The van der Waals surface area contributed by atoms with Gasteiger partial charge in [0.1, 0.15) is 5.75 Å². The van der Waals surface area contributed by atoms with Gasteiger partial charge >= 0.3 is 0 Å². The molecule has 0 aliphatic carbocycles. The second-order valence-electron chi connectivity index (χ2n) is 6.45. The molecule has 4 rings (SSSR count). The molecule has 0 saturated carbocycles. The molecule has 4 atom stereocenters. The minimum Gasteiger partial charge on any atom is -0.493 e. The minimum absolute atomic E-state index is 0.565. The maximum absolute atomic E-state index is 5.84. The van der Waals surface area contributed by atoms with Crippen molar-refractivity contribution in [2.45, 2.75) is 31.8 Å². The number of fused-ring (bicyclic) bond motifs is 2. The molecule has 3 aliphatic heterocycles. The summed E-state index contributed by atoms with van der Waals surface area (Å²) in [5.74, 6) is 2.82. The number of nitrogens with zero attached hydrogens (tertiary/aromatic N) is 1. The van der Waals surface area contributed by atoms with Gasteiger partial charge in [0.15, 0.2) is 0 Å². The summed E-state index contributed by atoms with van der Waals surface area (Å²) >= 11 is 0. The summed E-state index contributed by atoms with van der Waals surface area (Å²) < 4.78 is 5.84. The third-order valence-corrected chi connectivity index (χ3v) is 5.50. The Morgan fingerprint density at radius 1 is 1.30 bits per heavy atom. The zero-order valence-electron chi connectivity index (χ0n) is 12.2. The van der Waals surface area contributed by atoms with Gasteiger partial charge in [0, 0.05) is 30.6 Å². The molecule has 3 nitrogen and oxygen atoms in total. The van der Waals surface area contributed by atoms with Crippen LogP contribution in [-0.4, -0.2) is 37.2 Å². The normalized spacial score (nSPS) is 36.5. The summed E-state index contributed by atoms with van der Waals surface area (Å²) in [6.45, 7) is 6.90. The number of rotatable bonds is 2. The second kappa shape index (κ2) is 5.05. The first-order valence-corrected chi connectivity index (χ1v) is 8.06. The van der Waals surface area contributed by atoms with Gasteiger partial charge in [0.25, 0.3) is 0 Å². The van der Waals surface area contributed by atoms with E-state index in [2.05, 4.69) is 41.4 Å². The molecule has 3 heteroatoms. The van der Waals surface area contributed by atoms with E-state index in [9.17, 15) is 0 Å². The highest BCUT2D eigenvalue weighted by Crippen LogP contribution is 2.44. The van der Waals surface area contributed by atoms with E-state index in [1.165, 1.54) is 31.6 Å². The lowest BCUT2D eigenvalue weighted by molar-refractivity contribution is 0.113. The largest absolute Gasteiger partial charge is 0.493 e. The van der Waals surface area contributed by atoms with Crippen molar-refractivity contribution in [3.8, 4) is 5.75 Å². The first-order chi connectivity index (χ1) is 9.88. The molecule has 20 heavy (non-hydrogen) atoms. The molecule has 1 aromatic carbocycles. The van der Waals surface area contributed by atoms with E-state index in [4.69, 9.17) is 4.74 Å². The number of nitrogens with one attached hydrogen (secondary N) is 1. The average Bonchev–Trinajstić information content (AvgIpc) is 3.06. The predicted molar refractivity (Wildman–Crippen MR) is 79.9 cm³/mol. The summed E-state index contributed by atoms with van der Waals surface area (Å²) in [5.41, 5.74) is 1.41. The number of hydrogen-bond acceptors (Lipinski definition) is 3. The Morgan fingerprint density at radius 3 is 3.10 bits per heavy atom. The van der Waals surface area contributed by atoms with Crippen LogP contribution in [0.3, 0.4) is 0 Å². The second-order valence-corrected chi connectivity index (χ2v) is 6.45. The fraction of sp³-hybridized carbons (Fsp3) is 0.647. The molecule has 0 spiro atoms. The van der Waals surface area contributed by atoms with Crippen LogP contribution >= 0.6 is 0 Å². The van der Waals surface area contributed by atoms with Crippen LogP contribution in [0.5, 0.6) is 5.75 Å². The van der Waals surface area contributed by atoms with Gasteiger partial charge in [-0.2, -0.15) is 0 Å². The van der Waals surface area contributed by atoms with Crippen LogP contribution in [0, 0.1) is 11.8 Å². The zero-order chi connectivity index (χ0) is 13.5. The van der Waals surface area contributed by atoms with E-state index in [0.717, 1.165) is 36.7 Å². The van der Waals surface area contributed by atoms with Crippen LogP contribution in [0.15, 0.2) is 24.3 Å².